The molecule has 2 bridgehead atoms. The molecule has 4 rings (SSSR count). The Hall–Kier alpha value is -0.960. The molecule has 0 aromatic heterocycles. The van der Waals surface area contributed by atoms with E-state index >= 15 is 0 Å². The Morgan fingerprint density at radius 2 is 1.90 bits per heavy atom. The molecule has 3 fully saturated rings. The molecule has 20 heavy (non-hydrogen) atoms. The predicted octanol–water partition coefficient (Wildman–Crippen LogP) is 3.91. The van der Waals surface area contributed by atoms with Gasteiger partial charge in [-0.25, -0.2) is 8.78 Å². The molecular formula is C17H21F2N. The van der Waals surface area contributed by atoms with Gasteiger partial charge in [-0.05, 0) is 73.6 Å². The Morgan fingerprint density at radius 3 is 2.55 bits per heavy atom. The van der Waals surface area contributed by atoms with Crippen LogP contribution in [0, 0.1) is 41.2 Å². The van der Waals surface area contributed by atoms with Crippen LogP contribution in [-0.2, 0) is 0 Å². The van der Waals surface area contributed by atoms with Gasteiger partial charge in [-0.1, -0.05) is 6.92 Å². The molecule has 3 heteroatoms. The summed E-state index contributed by atoms with van der Waals surface area (Å²) in [7, 11) is 0. The highest BCUT2D eigenvalue weighted by Gasteiger charge is 2.66. The smallest absolute Gasteiger partial charge is 0.128 e. The molecular weight excluding hydrogens is 256 g/mol. The molecule has 3 aliphatic carbocycles. The normalized spacial score (nSPS) is 38.9. The number of nitrogens with one attached hydrogen (secondary N) is 1. The topological polar surface area (TPSA) is 12.0 Å². The van der Waals surface area contributed by atoms with Crippen LogP contribution in [0.5, 0.6) is 0 Å². The van der Waals surface area contributed by atoms with E-state index in [2.05, 4.69) is 5.32 Å². The van der Waals surface area contributed by atoms with E-state index in [9.17, 15) is 8.78 Å². The lowest BCUT2D eigenvalue weighted by Crippen LogP contribution is -2.26. The average molecular weight is 277 g/mol. The summed E-state index contributed by atoms with van der Waals surface area (Å²) < 4.78 is 27.6. The average Bonchev–Trinajstić information content (AvgIpc) is 2.86. The van der Waals surface area contributed by atoms with Crippen molar-refractivity contribution in [3.05, 3.63) is 35.4 Å². The van der Waals surface area contributed by atoms with E-state index in [4.69, 9.17) is 0 Å². The summed E-state index contributed by atoms with van der Waals surface area (Å²) in [4.78, 5) is 0. The highest BCUT2D eigenvalue weighted by molar-refractivity contribution is 5.28. The van der Waals surface area contributed by atoms with E-state index in [1.54, 1.807) is 0 Å². The summed E-state index contributed by atoms with van der Waals surface area (Å²) >= 11 is 0. The minimum absolute atomic E-state index is 0.00546. The zero-order valence-electron chi connectivity index (χ0n) is 11.8. The summed E-state index contributed by atoms with van der Waals surface area (Å²) in [6.45, 7) is 2.84. The molecule has 5 atom stereocenters. The van der Waals surface area contributed by atoms with Gasteiger partial charge >= 0.3 is 0 Å². The second-order valence-electron chi connectivity index (χ2n) is 6.77. The van der Waals surface area contributed by atoms with Gasteiger partial charge < -0.3 is 5.32 Å². The molecule has 1 aromatic carbocycles. The largest absolute Gasteiger partial charge is 0.310 e. The number of rotatable bonds is 4. The first-order chi connectivity index (χ1) is 9.70. The maximum absolute atomic E-state index is 14.1. The maximum atomic E-state index is 14.1. The quantitative estimate of drug-likeness (QED) is 0.880. The molecule has 1 aromatic rings. The van der Waals surface area contributed by atoms with Crippen molar-refractivity contribution in [2.24, 2.45) is 29.6 Å². The molecule has 5 unspecified atom stereocenters. The monoisotopic (exact) mass is 277 g/mol. The minimum atomic E-state index is -0.335. The second kappa shape index (κ2) is 4.52. The van der Waals surface area contributed by atoms with Gasteiger partial charge in [0.1, 0.15) is 11.6 Å². The first-order valence-corrected chi connectivity index (χ1v) is 7.89. The molecule has 1 N–H and O–H groups in total. The molecule has 0 spiro atoms. The fourth-order valence-electron chi connectivity index (χ4n) is 5.26. The van der Waals surface area contributed by atoms with Gasteiger partial charge in [0, 0.05) is 11.6 Å². The molecule has 1 nitrogen and oxygen atoms in total. The van der Waals surface area contributed by atoms with Crippen LogP contribution in [0.2, 0.25) is 0 Å². The first kappa shape index (κ1) is 12.8. The van der Waals surface area contributed by atoms with Crippen molar-refractivity contribution >= 4 is 0 Å². The Balaban J connectivity index is 1.64. The van der Waals surface area contributed by atoms with E-state index in [1.165, 1.54) is 37.5 Å². The fraction of sp³-hybridized carbons (Fsp3) is 0.647. The van der Waals surface area contributed by atoms with Gasteiger partial charge in [0.2, 0.25) is 0 Å². The van der Waals surface area contributed by atoms with Crippen molar-refractivity contribution in [1.82, 2.24) is 5.32 Å². The predicted molar refractivity (Wildman–Crippen MR) is 74.1 cm³/mol. The van der Waals surface area contributed by atoms with Gasteiger partial charge in [0.05, 0.1) is 0 Å². The minimum Gasteiger partial charge on any atom is -0.310 e. The van der Waals surface area contributed by atoms with Crippen LogP contribution in [-0.4, -0.2) is 6.54 Å². The lowest BCUT2D eigenvalue weighted by molar-refractivity contribution is 0.365. The van der Waals surface area contributed by atoms with Crippen molar-refractivity contribution in [2.45, 2.75) is 32.2 Å². The van der Waals surface area contributed by atoms with E-state index < -0.39 is 0 Å². The second-order valence-corrected chi connectivity index (χ2v) is 6.77. The standard InChI is InChI=1S/C17H21F2N/c1-2-20-17(12-8-11(18)5-6-13(12)19)16-14-9-3-4-10(7-9)15(14)16/h5-6,8-10,14-17,20H,2-4,7H2,1H3. The Labute approximate surface area is 118 Å². The molecule has 3 aliphatic rings. The third kappa shape index (κ3) is 1.75. The van der Waals surface area contributed by atoms with Crippen LogP contribution in [0.3, 0.4) is 0 Å². The molecule has 0 heterocycles. The van der Waals surface area contributed by atoms with E-state index in [-0.39, 0.29) is 17.7 Å². The maximum Gasteiger partial charge on any atom is 0.128 e. The highest BCUT2D eigenvalue weighted by Crippen LogP contribution is 2.72. The number of hydrogen-bond acceptors (Lipinski definition) is 1. The van der Waals surface area contributed by atoms with Crippen LogP contribution < -0.4 is 5.32 Å². The molecule has 108 valence electrons. The fourth-order valence-corrected chi connectivity index (χ4v) is 5.26. The summed E-state index contributed by atoms with van der Waals surface area (Å²) in [5.41, 5.74) is 0.533. The van der Waals surface area contributed by atoms with Gasteiger partial charge in [-0.15, -0.1) is 0 Å². The van der Waals surface area contributed by atoms with Crippen LogP contribution in [0.25, 0.3) is 0 Å². The zero-order chi connectivity index (χ0) is 13.9. The number of fused-ring (bicyclic) bond motifs is 5. The number of halogens is 2. The van der Waals surface area contributed by atoms with E-state index in [0.717, 1.165) is 30.2 Å². The van der Waals surface area contributed by atoms with Crippen molar-refractivity contribution < 1.29 is 8.78 Å². The van der Waals surface area contributed by atoms with Crippen LogP contribution in [0.1, 0.15) is 37.8 Å². The summed E-state index contributed by atoms with van der Waals surface area (Å²) in [6.07, 6.45) is 4.09. The van der Waals surface area contributed by atoms with Crippen molar-refractivity contribution in [1.29, 1.82) is 0 Å². The first-order valence-electron chi connectivity index (χ1n) is 7.89. The van der Waals surface area contributed by atoms with Crippen LogP contribution in [0.15, 0.2) is 18.2 Å². The van der Waals surface area contributed by atoms with Gasteiger partial charge in [0.25, 0.3) is 0 Å². The summed E-state index contributed by atoms with van der Waals surface area (Å²) in [6, 6.07) is 3.86. The van der Waals surface area contributed by atoms with E-state index in [0.29, 0.717) is 11.5 Å². The highest BCUT2D eigenvalue weighted by atomic mass is 19.1. The van der Waals surface area contributed by atoms with Crippen LogP contribution in [0.4, 0.5) is 8.78 Å². The van der Waals surface area contributed by atoms with Crippen molar-refractivity contribution in [3.63, 3.8) is 0 Å². The lowest BCUT2D eigenvalue weighted by Gasteiger charge is -2.22. The van der Waals surface area contributed by atoms with Gasteiger partial charge in [-0.3, -0.25) is 0 Å². The third-order valence-corrected chi connectivity index (χ3v) is 5.90. The number of hydrogen-bond donors (Lipinski definition) is 1. The third-order valence-electron chi connectivity index (χ3n) is 5.90. The van der Waals surface area contributed by atoms with Crippen molar-refractivity contribution in [2.75, 3.05) is 6.54 Å². The summed E-state index contributed by atoms with van der Waals surface area (Å²) in [5, 5.41) is 3.42. The molecule has 0 saturated heterocycles. The molecule has 0 aliphatic heterocycles. The molecule has 0 radical (unpaired) electrons. The number of benzene rings is 1. The Morgan fingerprint density at radius 1 is 1.20 bits per heavy atom. The SMILES string of the molecule is CCNC(c1cc(F)ccc1F)C1C2C3CCC(C3)C21. The van der Waals surface area contributed by atoms with Gasteiger partial charge in [0.15, 0.2) is 0 Å². The molecule has 0 amide bonds. The van der Waals surface area contributed by atoms with E-state index in [1.807, 2.05) is 6.92 Å². The lowest BCUT2D eigenvalue weighted by atomic mass is 9.92. The summed E-state index contributed by atoms with van der Waals surface area (Å²) in [5.74, 6) is 3.16. The van der Waals surface area contributed by atoms with Gasteiger partial charge in [-0.2, -0.15) is 0 Å². The van der Waals surface area contributed by atoms with Crippen LogP contribution >= 0.6 is 0 Å². The Bertz CT molecular complexity index is 514. The molecule has 3 saturated carbocycles. The zero-order valence-corrected chi connectivity index (χ0v) is 11.8. The van der Waals surface area contributed by atoms with Crippen molar-refractivity contribution in [3.8, 4) is 0 Å². The Kier molecular flexibility index (Phi) is 2.88.